The third-order valence-corrected chi connectivity index (χ3v) is 8.14. The number of hydrogen-bond donors (Lipinski definition) is 1. The minimum absolute atomic E-state index is 0.00132. The van der Waals surface area contributed by atoms with Gasteiger partial charge in [-0.05, 0) is 64.7 Å². The molecule has 3 unspecified atom stereocenters. The van der Waals surface area contributed by atoms with Gasteiger partial charge in [0.1, 0.15) is 17.7 Å². The zero-order valence-corrected chi connectivity index (χ0v) is 20.5. The van der Waals surface area contributed by atoms with Gasteiger partial charge in [0.15, 0.2) is 5.65 Å². The molecule has 0 radical (unpaired) electrons. The zero-order valence-electron chi connectivity index (χ0n) is 19.7. The second kappa shape index (κ2) is 7.97. The molecule has 3 heterocycles. The van der Waals surface area contributed by atoms with Crippen molar-refractivity contribution in [3.05, 3.63) is 48.4 Å². The lowest BCUT2D eigenvalue weighted by atomic mass is 10.1. The minimum atomic E-state index is -3.80. The second-order valence-corrected chi connectivity index (χ2v) is 12.0. The third-order valence-electron chi connectivity index (χ3n) is 6.46. The standard InChI is InChI=1S/C24H29N5O4S/c1-15-5-7-17(8-6-15)34(31,32)29-10-9-18-21(25-14-26-22(18)29)27-19-11-16-12-20(19)28(13-16)23(30)33-24(2,3)4/h5-10,14,16,19-20H,11-13H2,1-4H3,(H,25,26,27). The number of nitrogens with one attached hydrogen (secondary N) is 1. The number of aryl methyl sites for hydroxylation is 1. The number of ether oxygens (including phenoxy) is 1. The first-order chi connectivity index (χ1) is 16.0. The maximum atomic E-state index is 13.2. The van der Waals surface area contributed by atoms with Crippen LogP contribution >= 0.6 is 0 Å². The van der Waals surface area contributed by atoms with E-state index in [0.717, 1.165) is 18.4 Å². The molecule has 180 valence electrons. The van der Waals surface area contributed by atoms with E-state index in [2.05, 4.69) is 15.3 Å². The van der Waals surface area contributed by atoms with Gasteiger partial charge in [0.25, 0.3) is 10.0 Å². The molecule has 34 heavy (non-hydrogen) atoms. The monoisotopic (exact) mass is 483 g/mol. The van der Waals surface area contributed by atoms with E-state index in [4.69, 9.17) is 4.74 Å². The van der Waals surface area contributed by atoms with E-state index in [1.54, 1.807) is 30.3 Å². The Morgan fingerprint density at radius 1 is 1.12 bits per heavy atom. The van der Waals surface area contributed by atoms with E-state index in [-0.39, 0.29) is 23.1 Å². The zero-order chi connectivity index (χ0) is 24.3. The van der Waals surface area contributed by atoms with Crippen molar-refractivity contribution in [2.75, 3.05) is 11.9 Å². The molecule has 2 bridgehead atoms. The minimum Gasteiger partial charge on any atom is -0.444 e. The van der Waals surface area contributed by atoms with Crippen molar-refractivity contribution < 1.29 is 17.9 Å². The van der Waals surface area contributed by atoms with Gasteiger partial charge >= 0.3 is 6.09 Å². The third kappa shape index (κ3) is 4.00. The number of benzene rings is 1. The highest BCUT2D eigenvalue weighted by Gasteiger charge is 2.48. The number of anilines is 1. The molecule has 1 saturated carbocycles. The summed E-state index contributed by atoms with van der Waals surface area (Å²) in [6.07, 6.45) is 4.40. The number of likely N-dealkylation sites (tertiary alicyclic amines) is 1. The quantitative estimate of drug-likeness (QED) is 0.602. The Morgan fingerprint density at radius 2 is 1.85 bits per heavy atom. The van der Waals surface area contributed by atoms with E-state index < -0.39 is 15.6 Å². The summed E-state index contributed by atoms with van der Waals surface area (Å²) in [5.74, 6) is 0.961. The molecule has 5 rings (SSSR count). The van der Waals surface area contributed by atoms with Crippen molar-refractivity contribution in [2.24, 2.45) is 5.92 Å². The number of aromatic nitrogens is 3. The van der Waals surface area contributed by atoms with Crippen molar-refractivity contribution >= 4 is 33.0 Å². The molecule has 10 heteroatoms. The van der Waals surface area contributed by atoms with Crippen molar-refractivity contribution in [1.82, 2.24) is 18.8 Å². The summed E-state index contributed by atoms with van der Waals surface area (Å²) >= 11 is 0. The predicted molar refractivity (Wildman–Crippen MR) is 128 cm³/mol. The first-order valence-corrected chi connectivity index (χ1v) is 12.9. The molecule has 0 spiro atoms. The van der Waals surface area contributed by atoms with Crippen molar-refractivity contribution in [3.63, 3.8) is 0 Å². The van der Waals surface area contributed by atoms with Crippen LogP contribution < -0.4 is 5.32 Å². The number of hydrogen-bond acceptors (Lipinski definition) is 7. The van der Waals surface area contributed by atoms with Crippen LogP contribution in [0, 0.1) is 12.8 Å². The number of amides is 1. The van der Waals surface area contributed by atoms with E-state index in [1.165, 1.54) is 16.5 Å². The second-order valence-electron chi connectivity index (χ2n) is 10.2. The Hall–Kier alpha value is -3.14. The molecule has 1 aliphatic heterocycles. The van der Waals surface area contributed by atoms with Crippen LogP contribution in [0.3, 0.4) is 0 Å². The molecule has 1 aliphatic carbocycles. The number of fused-ring (bicyclic) bond motifs is 3. The van der Waals surface area contributed by atoms with Crippen LogP contribution in [-0.4, -0.2) is 57.6 Å². The Labute approximate surface area is 199 Å². The maximum Gasteiger partial charge on any atom is 0.410 e. The van der Waals surface area contributed by atoms with Crippen molar-refractivity contribution in [1.29, 1.82) is 0 Å². The Morgan fingerprint density at radius 3 is 2.53 bits per heavy atom. The predicted octanol–water partition coefficient (Wildman–Crippen LogP) is 3.79. The molecule has 1 aromatic carbocycles. The smallest absolute Gasteiger partial charge is 0.410 e. The number of nitrogens with zero attached hydrogens (tertiary/aromatic N) is 4. The lowest BCUT2D eigenvalue weighted by Crippen LogP contribution is -2.49. The normalized spacial score (nSPS) is 22.4. The summed E-state index contributed by atoms with van der Waals surface area (Å²) in [6, 6.07) is 8.44. The molecule has 2 aromatic heterocycles. The fourth-order valence-corrected chi connectivity index (χ4v) is 6.25. The van der Waals surface area contributed by atoms with Gasteiger partial charge in [0.05, 0.1) is 16.3 Å². The molecule has 2 fully saturated rings. The van der Waals surface area contributed by atoms with E-state index in [1.807, 2.05) is 32.6 Å². The Bertz CT molecular complexity index is 1340. The molecule has 1 saturated heterocycles. The van der Waals surface area contributed by atoms with Crippen LogP contribution in [0.15, 0.2) is 47.8 Å². The highest BCUT2D eigenvalue weighted by Crippen LogP contribution is 2.40. The van der Waals surface area contributed by atoms with Crippen LogP contribution in [0.4, 0.5) is 10.6 Å². The van der Waals surface area contributed by atoms with Crippen molar-refractivity contribution in [2.45, 2.75) is 63.1 Å². The van der Waals surface area contributed by atoms with Gasteiger partial charge in [-0.1, -0.05) is 17.7 Å². The first-order valence-electron chi connectivity index (χ1n) is 11.4. The Kier molecular flexibility index (Phi) is 5.31. The van der Waals surface area contributed by atoms with Crippen LogP contribution in [0.1, 0.15) is 39.2 Å². The van der Waals surface area contributed by atoms with Gasteiger partial charge in [-0.25, -0.2) is 27.2 Å². The number of rotatable bonds is 4. The summed E-state index contributed by atoms with van der Waals surface area (Å²) in [4.78, 5) is 23.4. The molecule has 1 N–H and O–H groups in total. The molecular formula is C24H29N5O4S. The van der Waals surface area contributed by atoms with Crippen LogP contribution in [0.25, 0.3) is 11.0 Å². The van der Waals surface area contributed by atoms with Gasteiger partial charge in [0, 0.05) is 18.8 Å². The van der Waals surface area contributed by atoms with Crippen LogP contribution in [0.2, 0.25) is 0 Å². The molecule has 9 nitrogen and oxygen atoms in total. The average Bonchev–Trinajstić information content (AvgIpc) is 3.47. The topological polar surface area (TPSA) is 106 Å². The lowest BCUT2D eigenvalue weighted by Gasteiger charge is -2.35. The summed E-state index contributed by atoms with van der Waals surface area (Å²) in [6.45, 7) is 8.19. The van der Waals surface area contributed by atoms with Gasteiger partial charge in [-0.3, -0.25) is 0 Å². The van der Waals surface area contributed by atoms with Crippen LogP contribution in [0.5, 0.6) is 0 Å². The molecule has 3 atom stereocenters. The van der Waals surface area contributed by atoms with Crippen molar-refractivity contribution in [3.8, 4) is 0 Å². The summed E-state index contributed by atoms with van der Waals surface area (Å²) in [5, 5.41) is 4.08. The highest BCUT2D eigenvalue weighted by molar-refractivity contribution is 7.90. The lowest BCUT2D eigenvalue weighted by molar-refractivity contribution is 0.0179. The fraction of sp³-hybridized carbons (Fsp3) is 0.458. The summed E-state index contributed by atoms with van der Waals surface area (Å²) in [7, 11) is -3.80. The number of carbonyl (C=O) groups excluding carboxylic acids is 1. The Balaban J connectivity index is 1.41. The van der Waals surface area contributed by atoms with Gasteiger partial charge in [-0.2, -0.15) is 0 Å². The number of carbonyl (C=O) groups is 1. The average molecular weight is 484 g/mol. The largest absolute Gasteiger partial charge is 0.444 e. The van der Waals surface area contributed by atoms with E-state index in [9.17, 15) is 13.2 Å². The molecular weight excluding hydrogens is 454 g/mol. The molecule has 3 aromatic rings. The summed E-state index contributed by atoms with van der Waals surface area (Å²) < 4.78 is 33.3. The summed E-state index contributed by atoms with van der Waals surface area (Å²) in [5.41, 5.74) is 0.744. The number of piperidine rings is 1. The van der Waals surface area contributed by atoms with Crippen LogP contribution in [-0.2, 0) is 14.8 Å². The van der Waals surface area contributed by atoms with Gasteiger partial charge in [-0.15, -0.1) is 0 Å². The maximum absolute atomic E-state index is 13.2. The van der Waals surface area contributed by atoms with E-state index in [0.29, 0.717) is 29.3 Å². The SMILES string of the molecule is Cc1ccc(S(=O)(=O)n2ccc3c(NC4CC5CC4N(C(=O)OC(C)(C)C)C5)ncnc32)cc1. The fourth-order valence-electron chi connectivity index (χ4n) is 4.95. The first kappa shape index (κ1) is 22.6. The van der Waals surface area contributed by atoms with Gasteiger partial charge < -0.3 is 15.0 Å². The van der Waals surface area contributed by atoms with E-state index >= 15 is 0 Å². The molecule has 1 amide bonds. The molecule has 2 aliphatic rings. The highest BCUT2D eigenvalue weighted by atomic mass is 32.2. The van der Waals surface area contributed by atoms with Gasteiger partial charge in [0.2, 0.25) is 0 Å².